The number of halogens is 1. The molecule has 2 amide bonds. The van der Waals surface area contributed by atoms with Crippen LogP contribution < -0.4 is 11.1 Å². The number of nitrogens with two attached hydrogens (primary N) is 1. The molecule has 3 aromatic carbocycles. The number of carbonyl (C=O) groups excluding carboxylic acids is 2. The van der Waals surface area contributed by atoms with Crippen molar-refractivity contribution >= 4 is 86.9 Å². The number of carboxylic acids is 1. The normalized spacial score (nSPS) is 19.8. The number of oxime groups is 1. The second-order valence-corrected chi connectivity index (χ2v) is 17.7. The first-order chi connectivity index (χ1) is 26.2. The number of amides is 2. The van der Waals surface area contributed by atoms with Crippen LogP contribution in [0.4, 0.5) is 5.13 Å². The molecule has 0 spiro atoms. The predicted octanol–water partition coefficient (Wildman–Crippen LogP) is 6.61. The molecule has 2 saturated heterocycles. The molecule has 0 aliphatic carbocycles. The molecule has 0 saturated carbocycles. The summed E-state index contributed by atoms with van der Waals surface area (Å²) in [5.74, 6) is -1.22. The highest BCUT2D eigenvalue weighted by Gasteiger charge is 2.58. The molecule has 3 atom stereocenters. The van der Waals surface area contributed by atoms with Crippen LogP contribution in [0.2, 0.25) is 4.34 Å². The molecule has 2 aromatic heterocycles. The first-order valence-electron chi connectivity index (χ1n) is 16.7. The number of fused-ring (bicyclic) bond motifs is 1. The van der Waals surface area contributed by atoms with Gasteiger partial charge >= 0.3 is 5.97 Å². The highest BCUT2D eigenvalue weighted by molar-refractivity contribution is 8.05. The number of pyridine rings is 1. The van der Waals surface area contributed by atoms with Gasteiger partial charge in [-0.25, -0.2) is 4.98 Å². The third-order valence-electron chi connectivity index (χ3n) is 8.94. The van der Waals surface area contributed by atoms with Crippen LogP contribution in [0.25, 0.3) is 0 Å². The van der Waals surface area contributed by atoms with Crippen LogP contribution in [-0.2, 0) is 24.8 Å². The summed E-state index contributed by atoms with van der Waals surface area (Å²) in [7, 11) is 0. The Morgan fingerprint density at radius 1 is 1.04 bits per heavy atom. The largest absolute Gasteiger partial charge is 0.480 e. The number of carboxylic acid groups (broad SMARTS) is 1. The van der Waals surface area contributed by atoms with Crippen molar-refractivity contribution in [3.63, 3.8) is 0 Å². The van der Waals surface area contributed by atoms with Gasteiger partial charge in [-0.1, -0.05) is 126 Å². The second-order valence-electron chi connectivity index (χ2n) is 12.3. The second kappa shape index (κ2) is 16.1. The molecule has 54 heavy (non-hydrogen) atoms. The van der Waals surface area contributed by atoms with E-state index in [9.17, 15) is 19.5 Å². The number of rotatable bonds is 13. The molecule has 2 aliphatic heterocycles. The fourth-order valence-electron chi connectivity index (χ4n) is 6.37. The minimum Gasteiger partial charge on any atom is -0.480 e. The zero-order chi connectivity index (χ0) is 37.9. The van der Waals surface area contributed by atoms with E-state index in [0.717, 1.165) is 43.6 Å². The number of thioether (sulfide) groups is 3. The van der Waals surface area contributed by atoms with E-state index in [0.29, 0.717) is 0 Å². The quantitative estimate of drug-likeness (QED) is 0.0386. The SMILES string of the molecule is CCSc1ccncc1SC1(C(=O)O)CS[C@@H]2[C@H](NC(=O)C(=NOC(c3ccccc3)(c3ccccc3)c3ccccc3)c3nc(N)sc3Cl)C(=O)N2C1. The van der Waals surface area contributed by atoms with Crippen LogP contribution in [0.1, 0.15) is 29.3 Å². The molecule has 5 aromatic rings. The maximum atomic E-state index is 14.3. The summed E-state index contributed by atoms with van der Waals surface area (Å²) in [4.78, 5) is 59.1. The third kappa shape index (κ3) is 7.18. The van der Waals surface area contributed by atoms with E-state index in [1.807, 2.05) is 104 Å². The van der Waals surface area contributed by atoms with Gasteiger partial charge in [-0.3, -0.25) is 19.4 Å². The topological polar surface area (TPSA) is 160 Å². The average Bonchev–Trinajstić information content (AvgIpc) is 3.53. The smallest absolute Gasteiger partial charge is 0.322 e. The number of nitrogens with one attached hydrogen (secondary N) is 1. The van der Waals surface area contributed by atoms with Gasteiger partial charge in [-0.15, -0.1) is 35.3 Å². The Hall–Kier alpha value is -4.54. The van der Waals surface area contributed by atoms with Gasteiger partial charge in [-0.2, -0.15) is 0 Å². The minimum atomic E-state index is -1.33. The van der Waals surface area contributed by atoms with E-state index < -0.39 is 39.5 Å². The summed E-state index contributed by atoms with van der Waals surface area (Å²) in [5.41, 5.74) is 6.64. The van der Waals surface area contributed by atoms with Crippen molar-refractivity contribution in [1.82, 2.24) is 20.2 Å². The van der Waals surface area contributed by atoms with Crippen LogP contribution in [0.15, 0.2) is 124 Å². The van der Waals surface area contributed by atoms with Gasteiger partial charge < -0.3 is 25.9 Å². The van der Waals surface area contributed by atoms with Crippen molar-refractivity contribution in [3.8, 4) is 0 Å². The molecular weight excluding hydrogens is 784 g/mol. The van der Waals surface area contributed by atoms with Gasteiger partial charge in [0, 0.05) is 51.2 Å². The molecule has 276 valence electrons. The summed E-state index contributed by atoms with van der Waals surface area (Å²) in [6.07, 6.45) is 3.33. The first kappa shape index (κ1) is 37.8. The summed E-state index contributed by atoms with van der Waals surface area (Å²) >= 11 is 11.6. The maximum Gasteiger partial charge on any atom is 0.322 e. The van der Waals surface area contributed by atoms with Gasteiger partial charge in [0.2, 0.25) is 11.5 Å². The number of benzene rings is 3. The van der Waals surface area contributed by atoms with Crippen molar-refractivity contribution in [1.29, 1.82) is 0 Å². The standard InChI is InChI=1S/C38H33ClN6O5S4/c1-2-51-26-18-19-41-20-27(26)54-37(35(48)49)21-45-33(47)30(34(45)52-22-37)42-32(46)29(28-31(39)53-36(40)43-28)44-50-38(23-12-6-3-7-13-23,24-14-8-4-9-15-24)25-16-10-5-11-17-25/h3-20,30,34H,2,21-22H2,1H3,(H2,40,43)(H,42,46)(H,48,49)/t30-,34-,37?/m1/s1. The van der Waals surface area contributed by atoms with Crippen molar-refractivity contribution in [2.75, 3.05) is 23.8 Å². The summed E-state index contributed by atoms with van der Waals surface area (Å²) in [6.45, 7) is 1.97. The molecule has 7 rings (SSSR count). The number of thiazole rings is 1. The molecule has 11 nitrogen and oxygen atoms in total. The van der Waals surface area contributed by atoms with Gasteiger partial charge in [-0.05, 0) is 11.8 Å². The monoisotopic (exact) mass is 816 g/mol. The lowest BCUT2D eigenvalue weighted by atomic mass is 9.80. The number of anilines is 1. The number of carbonyl (C=O) groups is 3. The number of hydrogen-bond acceptors (Lipinski definition) is 12. The Kier molecular flexibility index (Phi) is 11.2. The molecule has 0 radical (unpaired) electrons. The summed E-state index contributed by atoms with van der Waals surface area (Å²) in [6, 6.07) is 29.4. The first-order valence-corrected chi connectivity index (χ1v) is 20.8. The number of β-lactam (4-membered cyclic amide) rings is 1. The Labute approximate surface area is 333 Å². The highest BCUT2D eigenvalue weighted by atomic mass is 35.5. The number of aromatic nitrogens is 2. The van der Waals surface area contributed by atoms with Crippen molar-refractivity contribution in [2.24, 2.45) is 5.16 Å². The lowest BCUT2D eigenvalue weighted by Gasteiger charge is -2.53. The van der Waals surface area contributed by atoms with Crippen LogP contribution in [0.3, 0.4) is 0 Å². The van der Waals surface area contributed by atoms with Crippen LogP contribution in [0.5, 0.6) is 0 Å². The van der Waals surface area contributed by atoms with E-state index in [2.05, 4.69) is 20.4 Å². The summed E-state index contributed by atoms with van der Waals surface area (Å²) < 4.78 is -1.21. The third-order valence-corrected chi connectivity index (χ3v) is 14.2. The fourth-order valence-corrected chi connectivity index (χ4v) is 11.1. The minimum absolute atomic E-state index is 0.00167. The van der Waals surface area contributed by atoms with E-state index in [1.165, 1.54) is 28.4 Å². The van der Waals surface area contributed by atoms with Crippen LogP contribution >= 0.6 is 58.2 Å². The van der Waals surface area contributed by atoms with Crippen LogP contribution in [-0.4, -0.2) is 77.7 Å². The highest BCUT2D eigenvalue weighted by Crippen LogP contribution is 2.48. The van der Waals surface area contributed by atoms with Gasteiger partial charge in [0.1, 0.15) is 26.2 Å². The van der Waals surface area contributed by atoms with Gasteiger partial charge in [0.15, 0.2) is 10.8 Å². The fraction of sp³-hybridized carbons (Fsp3) is 0.211. The Morgan fingerprint density at radius 2 is 1.65 bits per heavy atom. The number of aliphatic carboxylic acids is 1. The van der Waals surface area contributed by atoms with E-state index in [-0.39, 0.29) is 33.2 Å². The van der Waals surface area contributed by atoms with E-state index >= 15 is 0 Å². The lowest BCUT2D eigenvalue weighted by molar-refractivity contribution is -0.151. The molecular formula is C38H33ClN6O5S4. The Morgan fingerprint density at radius 3 is 2.19 bits per heavy atom. The maximum absolute atomic E-state index is 14.3. The molecule has 2 fully saturated rings. The summed E-state index contributed by atoms with van der Waals surface area (Å²) in [5, 5.41) is 17.4. The van der Waals surface area contributed by atoms with Crippen molar-refractivity contribution < 1.29 is 24.3 Å². The zero-order valence-electron chi connectivity index (χ0n) is 28.6. The van der Waals surface area contributed by atoms with Crippen molar-refractivity contribution in [3.05, 3.63) is 136 Å². The number of nitrogens with zero attached hydrogens (tertiary/aromatic N) is 4. The van der Waals surface area contributed by atoms with Gasteiger partial charge in [0.05, 0.1) is 0 Å². The van der Waals surface area contributed by atoms with E-state index in [1.54, 1.807) is 24.2 Å². The Balaban J connectivity index is 1.20. The average molecular weight is 817 g/mol. The van der Waals surface area contributed by atoms with Crippen molar-refractivity contribution in [2.45, 2.75) is 38.5 Å². The predicted molar refractivity (Wildman–Crippen MR) is 215 cm³/mol. The van der Waals surface area contributed by atoms with Gasteiger partial charge in [0.25, 0.3) is 5.91 Å². The number of hydrogen-bond donors (Lipinski definition) is 3. The number of nitrogen functional groups attached to an aromatic ring is 1. The molecule has 0 bridgehead atoms. The molecule has 1 unspecified atom stereocenters. The lowest BCUT2D eigenvalue weighted by Crippen LogP contribution is -2.74. The van der Waals surface area contributed by atoms with Crippen LogP contribution in [0, 0.1) is 0 Å². The Bertz CT molecular complexity index is 2100. The van der Waals surface area contributed by atoms with E-state index in [4.69, 9.17) is 22.2 Å². The molecule has 2 aliphatic rings. The zero-order valence-corrected chi connectivity index (χ0v) is 32.6. The molecule has 4 heterocycles. The molecule has 4 N–H and O–H groups in total. The molecule has 16 heteroatoms.